The van der Waals surface area contributed by atoms with Crippen LogP contribution < -0.4 is 11.1 Å². The molecule has 0 aliphatic heterocycles. The zero-order valence-corrected chi connectivity index (χ0v) is 11.3. The van der Waals surface area contributed by atoms with Crippen molar-refractivity contribution in [1.29, 1.82) is 0 Å². The van der Waals surface area contributed by atoms with Crippen LogP contribution in [0.1, 0.15) is 37.3 Å². The summed E-state index contributed by atoms with van der Waals surface area (Å²) in [5, 5.41) is 12.6. The first kappa shape index (κ1) is 14.5. The van der Waals surface area contributed by atoms with Gasteiger partial charge in [-0.05, 0) is 37.5 Å². The van der Waals surface area contributed by atoms with Gasteiger partial charge in [-0.25, -0.2) is 0 Å². The van der Waals surface area contributed by atoms with Crippen molar-refractivity contribution >= 4 is 11.6 Å². The third kappa shape index (κ3) is 3.74. The van der Waals surface area contributed by atoms with Crippen LogP contribution >= 0.6 is 0 Å². The number of hydrogen-bond acceptors (Lipinski definition) is 3. The van der Waals surface area contributed by atoms with E-state index >= 15 is 0 Å². The van der Waals surface area contributed by atoms with Crippen molar-refractivity contribution < 1.29 is 9.90 Å². The number of nitrogens with two attached hydrogens (primary N) is 1. The minimum Gasteiger partial charge on any atom is -0.505 e. The Morgan fingerprint density at radius 2 is 2.11 bits per heavy atom. The molecule has 0 aromatic heterocycles. The van der Waals surface area contributed by atoms with Crippen molar-refractivity contribution in [3.05, 3.63) is 23.3 Å². The van der Waals surface area contributed by atoms with Crippen molar-refractivity contribution in [1.82, 2.24) is 0 Å². The molecule has 0 fully saturated rings. The topological polar surface area (TPSA) is 75.4 Å². The Morgan fingerprint density at radius 1 is 1.44 bits per heavy atom. The van der Waals surface area contributed by atoms with Crippen LogP contribution in [0.25, 0.3) is 0 Å². The van der Waals surface area contributed by atoms with E-state index in [4.69, 9.17) is 5.73 Å². The zero-order valence-electron chi connectivity index (χ0n) is 11.3. The number of carbonyl (C=O) groups excluding carboxylic acids is 1. The molecule has 0 aliphatic carbocycles. The van der Waals surface area contributed by atoms with E-state index < -0.39 is 6.04 Å². The summed E-state index contributed by atoms with van der Waals surface area (Å²) in [6, 6.07) is 3.08. The first-order chi connectivity index (χ1) is 8.45. The van der Waals surface area contributed by atoms with Gasteiger partial charge in [0.2, 0.25) is 5.91 Å². The number of amides is 1. The smallest absolute Gasteiger partial charge is 0.241 e. The zero-order chi connectivity index (χ0) is 13.7. The van der Waals surface area contributed by atoms with Crippen molar-refractivity contribution in [2.75, 3.05) is 5.32 Å². The molecular formula is C14H22N2O2. The lowest BCUT2D eigenvalue weighted by Gasteiger charge is -2.14. The summed E-state index contributed by atoms with van der Waals surface area (Å²) in [4.78, 5) is 11.8. The molecule has 0 bridgehead atoms. The van der Waals surface area contributed by atoms with Crippen molar-refractivity contribution in [2.45, 2.75) is 46.1 Å². The van der Waals surface area contributed by atoms with Gasteiger partial charge in [0.15, 0.2) is 0 Å². The highest BCUT2D eigenvalue weighted by Gasteiger charge is 2.15. The second-order valence-corrected chi connectivity index (χ2v) is 4.72. The summed E-state index contributed by atoms with van der Waals surface area (Å²) in [7, 11) is 0. The lowest BCUT2D eigenvalue weighted by molar-refractivity contribution is -0.117. The Balaban J connectivity index is 2.75. The lowest BCUT2D eigenvalue weighted by Crippen LogP contribution is -2.35. The maximum absolute atomic E-state index is 11.8. The standard InChI is InChI=1S/C14H22N2O2/c1-4-5-6-11(15)14(18)16-12-8-9(2)7-10(3)13(12)17/h7-8,11,17H,4-6,15H2,1-3H3,(H,16,18). The van der Waals surface area contributed by atoms with E-state index in [9.17, 15) is 9.90 Å². The van der Waals surface area contributed by atoms with Crippen LogP contribution in [0.4, 0.5) is 5.69 Å². The van der Waals surface area contributed by atoms with Gasteiger partial charge in [-0.2, -0.15) is 0 Å². The van der Waals surface area contributed by atoms with E-state index in [1.165, 1.54) is 0 Å². The fourth-order valence-electron chi connectivity index (χ4n) is 1.84. The molecule has 4 nitrogen and oxygen atoms in total. The van der Waals surface area contributed by atoms with Crippen molar-refractivity contribution in [3.8, 4) is 5.75 Å². The van der Waals surface area contributed by atoms with Crippen LogP contribution in [0.3, 0.4) is 0 Å². The van der Waals surface area contributed by atoms with Crippen LogP contribution in [0, 0.1) is 13.8 Å². The predicted octanol–water partition coefficient (Wildman–Crippen LogP) is 2.47. The fraction of sp³-hybridized carbons (Fsp3) is 0.500. The Kier molecular flexibility index (Phi) is 5.16. The molecule has 100 valence electrons. The summed E-state index contributed by atoms with van der Waals surface area (Å²) in [6.45, 7) is 5.77. The number of hydrogen-bond donors (Lipinski definition) is 3. The number of nitrogens with one attached hydrogen (secondary N) is 1. The molecule has 4 heteroatoms. The first-order valence-corrected chi connectivity index (χ1v) is 6.32. The van der Waals surface area contributed by atoms with Crippen LogP contribution in [-0.2, 0) is 4.79 Å². The summed E-state index contributed by atoms with van der Waals surface area (Å²) >= 11 is 0. The Hall–Kier alpha value is -1.55. The normalized spacial score (nSPS) is 12.2. The quantitative estimate of drug-likeness (QED) is 0.703. The molecule has 1 rings (SSSR count). The van der Waals surface area contributed by atoms with E-state index in [1.807, 2.05) is 13.0 Å². The molecular weight excluding hydrogens is 228 g/mol. The van der Waals surface area contributed by atoms with E-state index in [2.05, 4.69) is 12.2 Å². The maximum Gasteiger partial charge on any atom is 0.241 e. The molecule has 1 unspecified atom stereocenters. The summed E-state index contributed by atoms with van der Waals surface area (Å²) in [5.74, 6) is -0.139. The molecule has 0 aliphatic rings. The molecule has 1 aromatic carbocycles. The third-order valence-corrected chi connectivity index (χ3v) is 2.91. The molecule has 0 radical (unpaired) electrons. The van der Waals surface area contributed by atoms with Crippen LogP contribution in [0.15, 0.2) is 12.1 Å². The monoisotopic (exact) mass is 250 g/mol. The third-order valence-electron chi connectivity index (χ3n) is 2.91. The largest absolute Gasteiger partial charge is 0.505 e. The summed E-state index contributed by atoms with van der Waals surface area (Å²) in [6.07, 6.45) is 2.59. The molecule has 0 heterocycles. The minimum absolute atomic E-state index is 0.108. The van der Waals surface area contributed by atoms with Gasteiger partial charge in [-0.15, -0.1) is 0 Å². The highest BCUT2D eigenvalue weighted by Crippen LogP contribution is 2.28. The van der Waals surface area contributed by atoms with Gasteiger partial charge < -0.3 is 16.2 Å². The van der Waals surface area contributed by atoms with Gasteiger partial charge in [-0.1, -0.05) is 25.8 Å². The second kappa shape index (κ2) is 6.40. The Morgan fingerprint density at radius 3 is 2.72 bits per heavy atom. The van der Waals surface area contributed by atoms with Gasteiger partial charge in [0.25, 0.3) is 0 Å². The van der Waals surface area contributed by atoms with Crippen LogP contribution in [0.2, 0.25) is 0 Å². The minimum atomic E-state index is -0.523. The Bertz CT molecular complexity index is 430. The van der Waals surface area contributed by atoms with Gasteiger partial charge in [0.05, 0.1) is 11.7 Å². The first-order valence-electron chi connectivity index (χ1n) is 6.32. The highest BCUT2D eigenvalue weighted by atomic mass is 16.3. The fourth-order valence-corrected chi connectivity index (χ4v) is 1.84. The number of unbranched alkanes of at least 4 members (excludes halogenated alkanes) is 1. The van der Waals surface area contributed by atoms with E-state index in [0.29, 0.717) is 12.1 Å². The van der Waals surface area contributed by atoms with Gasteiger partial charge in [-0.3, -0.25) is 4.79 Å². The molecule has 1 aromatic rings. The number of aryl methyl sites for hydroxylation is 2. The number of phenolic OH excluding ortho intramolecular Hbond substituents is 1. The van der Waals surface area contributed by atoms with Crippen molar-refractivity contribution in [2.24, 2.45) is 5.73 Å². The van der Waals surface area contributed by atoms with Gasteiger partial charge in [0.1, 0.15) is 5.75 Å². The predicted molar refractivity (Wildman–Crippen MR) is 73.7 cm³/mol. The number of rotatable bonds is 5. The molecule has 18 heavy (non-hydrogen) atoms. The molecule has 0 saturated heterocycles. The number of anilines is 1. The van der Waals surface area contributed by atoms with E-state index in [0.717, 1.165) is 24.0 Å². The molecule has 0 spiro atoms. The van der Waals surface area contributed by atoms with Crippen LogP contribution in [0.5, 0.6) is 5.75 Å². The number of aromatic hydroxyl groups is 1. The Labute approximate surface area is 108 Å². The molecule has 1 atom stereocenters. The maximum atomic E-state index is 11.8. The number of phenols is 1. The van der Waals surface area contributed by atoms with E-state index in [-0.39, 0.29) is 11.7 Å². The van der Waals surface area contributed by atoms with E-state index in [1.54, 1.807) is 13.0 Å². The van der Waals surface area contributed by atoms with Crippen molar-refractivity contribution in [3.63, 3.8) is 0 Å². The lowest BCUT2D eigenvalue weighted by atomic mass is 10.1. The molecule has 0 saturated carbocycles. The van der Waals surface area contributed by atoms with Crippen LogP contribution in [-0.4, -0.2) is 17.1 Å². The highest BCUT2D eigenvalue weighted by molar-refractivity contribution is 5.96. The van der Waals surface area contributed by atoms with Gasteiger partial charge >= 0.3 is 0 Å². The average molecular weight is 250 g/mol. The molecule has 1 amide bonds. The number of carbonyl (C=O) groups is 1. The second-order valence-electron chi connectivity index (χ2n) is 4.72. The summed E-state index contributed by atoms with van der Waals surface area (Å²) in [5.41, 5.74) is 7.95. The van der Waals surface area contributed by atoms with Gasteiger partial charge in [0, 0.05) is 0 Å². The molecule has 4 N–H and O–H groups in total. The SMILES string of the molecule is CCCCC(N)C(=O)Nc1cc(C)cc(C)c1O. The average Bonchev–Trinajstić information content (AvgIpc) is 2.32. The number of benzene rings is 1. The summed E-state index contributed by atoms with van der Waals surface area (Å²) < 4.78 is 0.